The monoisotopic (exact) mass is 466 g/mol. The Kier molecular flexibility index (Phi) is 5.15. The van der Waals surface area contributed by atoms with Gasteiger partial charge in [0.25, 0.3) is 11.8 Å². The fourth-order valence-electron chi connectivity index (χ4n) is 5.86. The third-order valence-electron chi connectivity index (χ3n) is 7.73. The van der Waals surface area contributed by atoms with Gasteiger partial charge in [0.2, 0.25) is 0 Å². The van der Waals surface area contributed by atoms with Gasteiger partial charge in [-0.1, -0.05) is 36.4 Å². The second-order valence-electron chi connectivity index (χ2n) is 10.0. The lowest BCUT2D eigenvalue weighted by molar-refractivity contribution is -0.139. The number of benzene rings is 2. The number of fused-ring (bicyclic) bond motifs is 2. The topological polar surface area (TPSA) is 61.3 Å². The first-order valence-corrected chi connectivity index (χ1v) is 12.4. The number of aromatic amines is 1. The minimum atomic E-state index is -0.175. The van der Waals surface area contributed by atoms with E-state index in [4.69, 9.17) is 0 Å². The molecule has 2 aliphatic heterocycles. The van der Waals surface area contributed by atoms with E-state index in [1.807, 2.05) is 72.5 Å². The van der Waals surface area contributed by atoms with Crippen molar-refractivity contribution < 1.29 is 9.59 Å². The van der Waals surface area contributed by atoms with Gasteiger partial charge in [-0.15, -0.1) is 0 Å². The molecule has 6 rings (SSSR count). The zero-order chi connectivity index (χ0) is 24.3. The van der Waals surface area contributed by atoms with Crippen molar-refractivity contribution in [1.82, 2.24) is 19.4 Å². The molecule has 178 valence electrons. The largest absolute Gasteiger partial charge is 0.361 e. The highest BCUT2D eigenvalue weighted by molar-refractivity contribution is 6.50. The number of nitrogens with one attached hydrogen (secondary N) is 1. The molecule has 6 heteroatoms. The summed E-state index contributed by atoms with van der Waals surface area (Å²) in [4.78, 5) is 35.5. The van der Waals surface area contributed by atoms with E-state index < -0.39 is 0 Å². The third-order valence-corrected chi connectivity index (χ3v) is 7.73. The Bertz CT molecular complexity index is 1500. The maximum Gasteiger partial charge on any atom is 0.262 e. The van der Waals surface area contributed by atoms with Crippen LogP contribution in [-0.2, 0) is 16.6 Å². The van der Waals surface area contributed by atoms with Crippen LogP contribution in [-0.4, -0.2) is 56.3 Å². The van der Waals surface area contributed by atoms with Crippen LogP contribution in [0.25, 0.3) is 33.0 Å². The number of aryl methyl sites for hydroxylation is 1. The molecule has 4 aromatic rings. The van der Waals surface area contributed by atoms with Crippen molar-refractivity contribution in [3.05, 3.63) is 72.1 Å². The van der Waals surface area contributed by atoms with Crippen LogP contribution in [0.4, 0.5) is 0 Å². The number of aromatic nitrogens is 2. The van der Waals surface area contributed by atoms with Gasteiger partial charge < -0.3 is 14.5 Å². The first-order chi connectivity index (χ1) is 17.0. The summed E-state index contributed by atoms with van der Waals surface area (Å²) in [7, 11) is 1.98. The van der Waals surface area contributed by atoms with Crippen LogP contribution in [0, 0.1) is 0 Å². The lowest BCUT2D eigenvalue weighted by Crippen LogP contribution is -2.49. The quantitative estimate of drug-likeness (QED) is 0.439. The van der Waals surface area contributed by atoms with Gasteiger partial charge in [0.15, 0.2) is 0 Å². The predicted molar refractivity (Wildman–Crippen MR) is 140 cm³/mol. The number of H-pyrrole nitrogens is 1. The molecule has 0 radical (unpaired) electrons. The van der Waals surface area contributed by atoms with Gasteiger partial charge in [-0.25, -0.2) is 0 Å². The van der Waals surface area contributed by atoms with Crippen LogP contribution in [0.15, 0.2) is 60.9 Å². The van der Waals surface area contributed by atoms with Crippen molar-refractivity contribution in [3.63, 3.8) is 0 Å². The second kappa shape index (κ2) is 8.24. The molecule has 2 aromatic heterocycles. The van der Waals surface area contributed by atoms with Gasteiger partial charge in [-0.05, 0) is 38.8 Å². The van der Waals surface area contributed by atoms with Crippen LogP contribution in [0.3, 0.4) is 0 Å². The maximum atomic E-state index is 14.1. The van der Waals surface area contributed by atoms with Crippen molar-refractivity contribution in [2.24, 2.45) is 7.05 Å². The summed E-state index contributed by atoms with van der Waals surface area (Å²) in [5.41, 5.74) is 4.64. The SMILES string of the molecule is CC(C)N1CCC(N2C(=O)C(c3c[nH]c4ccccc34)=C(c3cn(C)c4ccccc34)C2=O)CC1. The molecule has 0 atom stereocenters. The molecule has 1 N–H and O–H groups in total. The van der Waals surface area contributed by atoms with Crippen molar-refractivity contribution in [3.8, 4) is 0 Å². The number of likely N-dealkylation sites (tertiary alicyclic amines) is 1. The summed E-state index contributed by atoms with van der Waals surface area (Å²) in [6, 6.07) is 16.4. The van der Waals surface area contributed by atoms with Crippen LogP contribution in [0.2, 0.25) is 0 Å². The lowest BCUT2D eigenvalue weighted by atomic mass is 9.95. The number of carbonyl (C=O) groups is 2. The zero-order valence-electron chi connectivity index (χ0n) is 20.4. The lowest BCUT2D eigenvalue weighted by Gasteiger charge is -2.37. The number of carbonyl (C=O) groups excluding carboxylic acids is 2. The molecule has 1 fully saturated rings. The minimum Gasteiger partial charge on any atom is -0.361 e. The van der Waals surface area contributed by atoms with E-state index in [1.54, 1.807) is 4.90 Å². The highest BCUT2D eigenvalue weighted by Gasteiger charge is 2.45. The van der Waals surface area contributed by atoms with E-state index >= 15 is 0 Å². The third kappa shape index (κ3) is 3.35. The molecule has 2 aromatic carbocycles. The van der Waals surface area contributed by atoms with E-state index in [2.05, 4.69) is 23.7 Å². The number of nitrogens with zero attached hydrogens (tertiary/aromatic N) is 3. The molecule has 0 aliphatic carbocycles. The highest BCUT2D eigenvalue weighted by atomic mass is 16.2. The molecule has 4 heterocycles. The smallest absolute Gasteiger partial charge is 0.262 e. The molecule has 6 nitrogen and oxygen atoms in total. The summed E-state index contributed by atoms with van der Waals surface area (Å²) in [6.45, 7) is 6.18. The van der Waals surface area contributed by atoms with E-state index in [9.17, 15) is 9.59 Å². The average molecular weight is 467 g/mol. The van der Waals surface area contributed by atoms with Crippen LogP contribution in [0.5, 0.6) is 0 Å². The second-order valence-corrected chi connectivity index (χ2v) is 10.0. The predicted octanol–water partition coefficient (Wildman–Crippen LogP) is 4.81. The number of amides is 2. The normalized spacial score (nSPS) is 18.2. The van der Waals surface area contributed by atoms with Crippen molar-refractivity contribution >= 4 is 44.8 Å². The number of rotatable bonds is 4. The van der Waals surface area contributed by atoms with Gasteiger partial charge in [-0.3, -0.25) is 14.5 Å². The van der Waals surface area contributed by atoms with E-state index in [0.717, 1.165) is 58.9 Å². The van der Waals surface area contributed by atoms with E-state index in [0.29, 0.717) is 17.2 Å². The zero-order valence-corrected chi connectivity index (χ0v) is 20.4. The Morgan fingerprint density at radius 1 is 0.857 bits per heavy atom. The molecule has 1 saturated heterocycles. The van der Waals surface area contributed by atoms with Gasteiger partial charge in [0, 0.05) is 77.5 Å². The van der Waals surface area contributed by atoms with Gasteiger partial charge in [0.1, 0.15) is 0 Å². The van der Waals surface area contributed by atoms with E-state index in [1.165, 1.54) is 0 Å². The Hall–Kier alpha value is -3.64. The number of piperidine rings is 1. The molecule has 2 aliphatic rings. The molecule has 0 bridgehead atoms. The molecular formula is C29H30N4O2. The van der Waals surface area contributed by atoms with Crippen LogP contribution >= 0.6 is 0 Å². The van der Waals surface area contributed by atoms with Gasteiger partial charge in [0.05, 0.1) is 11.1 Å². The Balaban J connectivity index is 1.52. The van der Waals surface area contributed by atoms with Crippen molar-refractivity contribution in [2.75, 3.05) is 13.1 Å². The van der Waals surface area contributed by atoms with Crippen LogP contribution < -0.4 is 0 Å². The molecule has 2 amide bonds. The van der Waals surface area contributed by atoms with Crippen molar-refractivity contribution in [1.29, 1.82) is 0 Å². The number of imide groups is 1. The Morgan fingerprint density at radius 2 is 1.49 bits per heavy atom. The summed E-state index contributed by atoms with van der Waals surface area (Å²) < 4.78 is 2.03. The van der Waals surface area contributed by atoms with Crippen molar-refractivity contribution in [2.45, 2.75) is 38.8 Å². The first-order valence-electron chi connectivity index (χ1n) is 12.4. The number of para-hydroxylation sites is 2. The first kappa shape index (κ1) is 21.9. The summed E-state index contributed by atoms with van der Waals surface area (Å²) >= 11 is 0. The van der Waals surface area contributed by atoms with Gasteiger partial charge >= 0.3 is 0 Å². The highest BCUT2D eigenvalue weighted by Crippen LogP contribution is 2.42. The Labute approximate surface area is 204 Å². The summed E-state index contributed by atoms with van der Waals surface area (Å²) in [6.07, 6.45) is 5.48. The fourth-order valence-corrected chi connectivity index (χ4v) is 5.86. The molecular weight excluding hydrogens is 436 g/mol. The number of hydrogen-bond donors (Lipinski definition) is 1. The fraction of sp³-hybridized carbons (Fsp3) is 0.310. The van der Waals surface area contributed by atoms with Gasteiger partial charge in [-0.2, -0.15) is 0 Å². The standard InChI is InChI=1S/C29H30N4O2/c1-18(2)32-14-12-19(13-15-32)33-28(34)26(22-16-30-24-10-6-4-8-20(22)24)27(29(33)35)23-17-31(3)25-11-7-5-9-21(23)25/h4-11,16-19,30H,12-15H2,1-3H3. The molecule has 0 spiro atoms. The van der Waals surface area contributed by atoms with Crippen LogP contribution in [0.1, 0.15) is 37.8 Å². The molecule has 35 heavy (non-hydrogen) atoms. The molecule has 0 unspecified atom stereocenters. The summed E-state index contributed by atoms with van der Waals surface area (Å²) in [5, 5.41) is 1.94. The maximum absolute atomic E-state index is 14.1. The minimum absolute atomic E-state index is 0.0855. The average Bonchev–Trinajstić information content (AvgIpc) is 3.51. The molecule has 0 saturated carbocycles. The Morgan fingerprint density at radius 3 is 2.20 bits per heavy atom. The summed E-state index contributed by atoms with van der Waals surface area (Å²) in [5.74, 6) is -0.347. The van der Waals surface area contributed by atoms with E-state index in [-0.39, 0.29) is 17.9 Å². The number of hydrogen-bond acceptors (Lipinski definition) is 3.